The smallest absolute Gasteiger partial charge is 0.154 e. The highest BCUT2D eigenvalue weighted by Gasteiger charge is 2.04. The van der Waals surface area contributed by atoms with Crippen LogP contribution in [0.2, 0.25) is 0 Å². The second-order valence-corrected chi connectivity index (χ2v) is 4.29. The largest absolute Gasteiger partial charge is 0.497 e. The van der Waals surface area contributed by atoms with E-state index in [1.165, 1.54) is 6.92 Å². The van der Waals surface area contributed by atoms with Gasteiger partial charge in [0.2, 0.25) is 0 Å². The fourth-order valence-corrected chi connectivity index (χ4v) is 1.83. The highest BCUT2D eigenvalue weighted by Crippen LogP contribution is 2.24. The summed E-state index contributed by atoms with van der Waals surface area (Å²) in [6, 6.07) is 5.73. The van der Waals surface area contributed by atoms with Crippen molar-refractivity contribution in [1.29, 1.82) is 0 Å². The van der Waals surface area contributed by atoms with Crippen molar-refractivity contribution >= 4 is 5.78 Å². The lowest BCUT2D eigenvalue weighted by molar-refractivity contribution is -0.112. The van der Waals surface area contributed by atoms with E-state index in [1.54, 1.807) is 20.3 Å². The minimum absolute atomic E-state index is 0.0453. The van der Waals surface area contributed by atoms with Gasteiger partial charge in [-0.3, -0.25) is 4.79 Å². The maximum absolute atomic E-state index is 10.9. The molecule has 1 rings (SSSR count). The molecule has 0 fully saturated rings. The summed E-state index contributed by atoms with van der Waals surface area (Å²) >= 11 is 0. The van der Waals surface area contributed by atoms with Crippen molar-refractivity contribution in [1.82, 2.24) is 5.32 Å². The molecule has 0 aliphatic carbocycles. The first-order chi connectivity index (χ1) is 9.06. The van der Waals surface area contributed by atoms with E-state index in [0.717, 1.165) is 35.7 Å². The highest BCUT2D eigenvalue weighted by molar-refractivity contribution is 5.87. The Morgan fingerprint density at radius 1 is 1.26 bits per heavy atom. The van der Waals surface area contributed by atoms with Gasteiger partial charge in [0.25, 0.3) is 0 Å². The van der Waals surface area contributed by atoms with Crippen LogP contribution in [0.15, 0.2) is 30.0 Å². The van der Waals surface area contributed by atoms with E-state index in [2.05, 4.69) is 5.32 Å². The van der Waals surface area contributed by atoms with Crippen LogP contribution in [0.25, 0.3) is 0 Å². The molecular weight excluding hydrogens is 242 g/mol. The molecule has 0 amide bonds. The summed E-state index contributed by atoms with van der Waals surface area (Å²) in [5, 5.41) is 3.20. The van der Waals surface area contributed by atoms with Crippen molar-refractivity contribution < 1.29 is 14.3 Å². The topological polar surface area (TPSA) is 47.6 Å². The number of carbonyl (C=O) groups is 1. The molecule has 0 unspecified atom stereocenters. The highest BCUT2D eigenvalue weighted by atomic mass is 16.5. The van der Waals surface area contributed by atoms with Crippen LogP contribution >= 0.6 is 0 Å². The van der Waals surface area contributed by atoms with Gasteiger partial charge >= 0.3 is 0 Å². The van der Waals surface area contributed by atoms with Crippen LogP contribution < -0.4 is 14.8 Å². The van der Waals surface area contributed by atoms with Crippen LogP contribution in [0.5, 0.6) is 11.5 Å². The number of nitrogens with one attached hydrogen (secondary N) is 1. The lowest BCUT2D eigenvalue weighted by atomic mass is 10.1. The van der Waals surface area contributed by atoms with Crippen LogP contribution in [-0.4, -0.2) is 26.5 Å². The zero-order chi connectivity index (χ0) is 14.3. The van der Waals surface area contributed by atoms with Gasteiger partial charge in [-0.05, 0) is 50.1 Å². The maximum Gasteiger partial charge on any atom is 0.154 e. The fourth-order valence-electron chi connectivity index (χ4n) is 1.83. The predicted molar refractivity (Wildman–Crippen MR) is 75.7 cm³/mol. The summed E-state index contributed by atoms with van der Waals surface area (Å²) in [4.78, 5) is 10.9. The van der Waals surface area contributed by atoms with Gasteiger partial charge in [-0.15, -0.1) is 0 Å². The lowest BCUT2D eigenvalue weighted by Crippen LogP contribution is -2.16. The van der Waals surface area contributed by atoms with E-state index in [9.17, 15) is 4.79 Å². The molecule has 1 aromatic carbocycles. The number of carbonyl (C=O) groups excluding carboxylic acids is 1. The quantitative estimate of drug-likeness (QED) is 0.767. The van der Waals surface area contributed by atoms with Gasteiger partial charge in [0, 0.05) is 12.2 Å². The zero-order valence-corrected chi connectivity index (χ0v) is 11.9. The first-order valence-electron chi connectivity index (χ1n) is 6.20. The molecule has 0 atom stereocenters. The summed E-state index contributed by atoms with van der Waals surface area (Å²) in [5.41, 5.74) is 1.94. The number of allylic oxidation sites excluding steroid dienone is 2. The van der Waals surface area contributed by atoms with Crippen LogP contribution in [0.3, 0.4) is 0 Å². The third-order valence-corrected chi connectivity index (χ3v) is 2.71. The number of ether oxygens (including phenoxy) is 2. The van der Waals surface area contributed by atoms with E-state index in [-0.39, 0.29) is 5.78 Å². The Morgan fingerprint density at radius 3 is 2.58 bits per heavy atom. The lowest BCUT2D eigenvalue weighted by Gasteiger charge is -2.11. The first kappa shape index (κ1) is 15.1. The molecule has 1 N–H and O–H groups in total. The minimum Gasteiger partial charge on any atom is -0.497 e. The molecule has 0 spiro atoms. The van der Waals surface area contributed by atoms with E-state index in [4.69, 9.17) is 9.47 Å². The summed E-state index contributed by atoms with van der Waals surface area (Å²) in [6.07, 6.45) is 2.38. The molecule has 0 bridgehead atoms. The molecule has 104 valence electrons. The number of rotatable bonds is 7. The monoisotopic (exact) mass is 263 g/mol. The van der Waals surface area contributed by atoms with Crippen molar-refractivity contribution in [2.45, 2.75) is 20.3 Å². The van der Waals surface area contributed by atoms with Crippen molar-refractivity contribution in [3.8, 4) is 11.5 Å². The summed E-state index contributed by atoms with van der Waals surface area (Å²) < 4.78 is 10.5. The van der Waals surface area contributed by atoms with Crippen LogP contribution in [0, 0.1) is 0 Å². The van der Waals surface area contributed by atoms with Gasteiger partial charge in [-0.25, -0.2) is 0 Å². The Labute approximate surface area is 114 Å². The third kappa shape index (κ3) is 5.04. The Kier molecular flexibility index (Phi) is 5.93. The summed E-state index contributed by atoms with van der Waals surface area (Å²) in [6.45, 7) is 4.15. The number of benzene rings is 1. The molecular formula is C15H21NO3. The van der Waals surface area contributed by atoms with Gasteiger partial charge in [0.1, 0.15) is 11.5 Å². The molecule has 0 aromatic heterocycles. The molecule has 4 heteroatoms. The molecule has 1 aromatic rings. The van der Waals surface area contributed by atoms with E-state index in [0.29, 0.717) is 0 Å². The second kappa shape index (κ2) is 7.46. The number of hydrogen-bond acceptors (Lipinski definition) is 4. The fraction of sp³-hybridized carbons (Fsp3) is 0.400. The second-order valence-electron chi connectivity index (χ2n) is 4.29. The molecule has 19 heavy (non-hydrogen) atoms. The Morgan fingerprint density at radius 2 is 2.00 bits per heavy atom. The van der Waals surface area contributed by atoms with E-state index < -0.39 is 0 Å². The molecule has 4 nitrogen and oxygen atoms in total. The van der Waals surface area contributed by atoms with E-state index >= 15 is 0 Å². The molecule has 0 aliphatic rings. The predicted octanol–water partition coefficient (Wildman–Crippen LogP) is 2.33. The number of hydrogen-bond donors (Lipinski definition) is 1. The summed E-state index contributed by atoms with van der Waals surface area (Å²) in [7, 11) is 3.29. The standard InChI is InChI=1S/C15H21NO3/c1-11(9-12(2)17)16-8-7-13-10-14(18-3)5-6-15(13)19-4/h5-6,9-10,16H,7-8H2,1-4H3/b11-9-. The molecule has 0 saturated carbocycles. The average molecular weight is 263 g/mol. The van der Waals surface area contributed by atoms with Crippen LogP contribution in [0.1, 0.15) is 19.4 Å². The molecule has 0 radical (unpaired) electrons. The normalized spacial score (nSPS) is 11.1. The zero-order valence-electron chi connectivity index (χ0n) is 11.9. The van der Waals surface area contributed by atoms with Crippen LogP contribution in [-0.2, 0) is 11.2 Å². The average Bonchev–Trinajstić information content (AvgIpc) is 2.37. The van der Waals surface area contributed by atoms with Gasteiger partial charge in [-0.1, -0.05) is 0 Å². The SMILES string of the molecule is COc1ccc(OC)c(CCN/C(C)=C\C(C)=O)c1. The van der Waals surface area contributed by atoms with Crippen molar-refractivity contribution in [3.63, 3.8) is 0 Å². The summed E-state index contributed by atoms with van der Waals surface area (Å²) in [5.74, 6) is 1.70. The van der Waals surface area contributed by atoms with Crippen molar-refractivity contribution in [2.24, 2.45) is 0 Å². The minimum atomic E-state index is 0.0453. The van der Waals surface area contributed by atoms with Gasteiger partial charge in [0.15, 0.2) is 5.78 Å². The maximum atomic E-state index is 10.9. The van der Waals surface area contributed by atoms with Gasteiger partial charge < -0.3 is 14.8 Å². The first-order valence-corrected chi connectivity index (χ1v) is 6.20. The van der Waals surface area contributed by atoms with Crippen molar-refractivity contribution in [3.05, 3.63) is 35.5 Å². The Hall–Kier alpha value is -1.97. The van der Waals surface area contributed by atoms with Crippen LogP contribution in [0.4, 0.5) is 0 Å². The van der Waals surface area contributed by atoms with Gasteiger partial charge in [-0.2, -0.15) is 0 Å². The van der Waals surface area contributed by atoms with Crippen molar-refractivity contribution in [2.75, 3.05) is 20.8 Å². The molecule has 0 saturated heterocycles. The Balaban J connectivity index is 2.64. The molecule has 0 aliphatic heterocycles. The van der Waals surface area contributed by atoms with Gasteiger partial charge in [0.05, 0.1) is 14.2 Å². The molecule has 0 heterocycles. The number of ketones is 1. The Bertz CT molecular complexity index is 466. The number of methoxy groups -OCH3 is 2. The van der Waals surface area contributed by atoms with E-state index in [1.807, 2.05) is 25.1 Å². The third-order valence-electron chi connectivity index (χ3n) is 2.71.